The van der Waals surface area contributed by atoms with Crippen LogP contribution in [0.25, 0.3) is 0 Å². The highest BCUT2D eigenvalue weighted by atomic mass is 16.5. The molecule has 152 valence electrons. The molecule has 0 aliphatic heterocycles. The van der Waals surface area contributed by atoms with Crippen molar-refractivity contribution in [1.29, 1.82) is 0 Å². The van der Waals surface area contributed by atoms with E-state index in [-0.39, 0.29) is 18.0 Å². The standard InChI is InChI=1S/C24H32O4/c1-5-6-7-8-23(28-18(2)25)17-24(19-9-13-21(26-3)14-10-19)20-11-15-22(27-4)16-12-20/h9-16,23-24H,5-8,17H2,1-4H3. The molecule has 4 heteroatoms. The second-order valence-corrected chi connectivity index (χ2v) is 7.06. The minimum atomic E-state index is -0.218. The fourth-order valence-electron chi connectivity index (χ4n) is 3.48. The van der Waals surface area contributed by atoms with Crippen molar-refractivity contribution in [3.05, 3.63) is 59.7 Å². The Kier molecular flexibility index (Phi) is 8.86. The van der Waals surface area contributed by atoms with Crippen LogP contribution in [0.15, 0.2) is 48.5 Å². The monoisotopic (exact) mass is 384 g/mol. The summed E-state index contributed by atoms with van der Waals surface area (Å²) < 4.78 is 16.3. The zero-order chi connectivity index (χ0) is 20.4. The van der Waals surface area contributed by atoms with Gasteiger partial charge in [-0.2, -0.15) is 0 Å². The van der Waals surface area contributed by atoms with Gasteiger partial charge in [-0.05, 0) is 54.7 Å². The molecular formula is C24H32O4. The summed E-state index contributed by atoms with van der Waals surface area (Å²) >= 11 is 0. The van der Waals surface area contributed by atoms with Gasteiger partial charge in [-0.1, -0.05) is 44.0 Å². The van der Waals surface area contributed by atoms with Crippen LogP contribution in [0.4, 0.5) is 0 Å². The van der Waals surface area contributed by atoms with Crippen molar-refractivity contribution in [2.24, 2.45) is 0 Å². The second kappa shape index (κ2) is 11.4. The first kappa shape index (κ1) is 21.8. The molecule has 1 unspecified atom stereocenters. The number of esters is 1. The number of carbonyl (C=O) groups is 1. The molecule has 0 bridgehead atoms. The highest BCUT2D eigenvalue weighted by Crippen LogP contribution is 2.33. The maximum atomic E-state index is 11.7. The Balaban J connectivity index is 2.29. The molecule has 2 aromatic carbocycles. The molecule has 0 aromatic heterocycles. The van der Waals surface area contributed by atoms with Gasteiger partial charge in [0, 0.05) is 12.8 Å². The predicted molar refractivity (Wildman–Crippen MR) is 112 cm³/mol. The van der Waals surface area contributed by atoms with Gasteiger partial charge in [-0.3, -0.25) is 4.79 Å². The van der Waals surface area contributed by atoms with E-state index < -0.39 is 0 Å². The maximum absolute atomic E-state index is 11.7. The summed E-state index contributed by atoms with van der Waals surface area (Å²) in [5.41, 5.74) is 2.36. The Labute approximate surface area is 168 Å². The first-order chi connectivity index (χ1) is 13.6. The number of rotatable bonds is 11. The number of carbonyl (C=O) groups excluding carboxylic acids is 1. The summed E-state index contributed by atoms with van der Waals surface area (Å²) in [6.07, 6.45) is 4.89. The molecule has 0 aliphatic rings. The van der Waals surface area contributed by atoms with Crippen LogP contribution >= 0.6 is 0 Å². The van der Waals surface area contributed by atoms with E-state index in [2.05, 4.69) is 31.2 Å². The topological polar surface area (TPSA) is 44.8 Å². The van der Waals surface area contributed by atoms with Crippen molar-refractivity contribution >= 4 is 5.97 Å². The third-order valence-corrected chi connectivity index (χ3v) is 5.00. The molecule has 0 amide bonds. The number of ether oxygens (including phenoxy) is 3. The normalized spacial score (nSPS) is 11.9. The molecule has 0 saturated heterocycles. The largest absolute Gasteiger partial charge is 0.497 e. The average Bonchev–Trinajstić information content (AvgIpc) is 2.72. The zero-order valence-electron chi connectivity index (χ0n) is 17.4. The Morgan fingerprint density at radius 2 is 1.36 bits per heavy atom. The van der Waals surface area contributed by atoms with Crippen LogP contribution in [-0.4, -0.2) is 26.3 Å². The van der Waals surface area contributed by atoms with Crippen molar-refractivity contribution in [3.8, 4) is 11.5 Å². The molecule has 0 fully saturated rings. The van der Waals surface area contributed by atoms with Crippen molar-refractivity contribution in [3.63, 3.8) is 0 Å². The minimum absolute atomic E-state index is 0.0988. The molecule has 0 aliphatic carbocycles. The third-order valence-electron chi connectivity index (χ3n) is 5.00. The SMILES string of the molecule is CCCCCC(CC(c1ccc(OC)cc1)c1ccc(OC)cc1)OC(C)=O. The molecule has 0 saturated carbocycles. The van der Waals surface area contributed by atoms with Gasteiger partial charge in [0.1, 0.15) is 17.6 Å². The van der Waals surface area contributed by atoms with E-state index in [1.807, 2.05) is 24.3 Å². The first-order valence-electron chi connectivity index (χ1n) is 10.0. The summed E-state index contributed by atoms with van der Waals surface area (Å²) in [5, 5.41) is 0. The van der Waals surface area contributed by atoms with E-state index in [9.17, 15) is 4.79 Å². The number of unbranched alkanes of at least 4 members (excludes halogenated alkanes) is 2. The van der Waals surface area contributed by atoms with Crippen LogP contribution in [0.3, 0.4) is 0 Å². The average molecular weight is 385 g/mol. The number of hydrogen-bond acceptors (Lipinski definition) is 4. The lowest BCUT2D eigenvalue weighted by atomic mass is 9.85. The van der Waals surface area contributed by atoms with Crippen molar-refractivity contribution < 1.29 is 19.0 Å². The van der Waals surface area contributed by atoms with E-state index in [4.69, 9.17) is 14.2 Å². The Morgan fingerprint density at radius 3 is 1.75 bits per heavy atom. The Morgan fingerprint density at radius 1 is 0.857 bits per heavy atom. The molecule has 2 aromatic rings. The Hall–Kier alpha value is -2.49. The quantitative estimate of drug-likeness (QED) is 0.366. The molecular weight excluding hydrogens is 352 g/mol. The zero-order valence-corrected chi connectivity index (χ0v) is 17.4. The van der Waals surface area contributed by atoms with Gasteiger partial charge in [0.2, 0.25) is 0 Å². The first-order valence-corrected chi connectivity index (χ1v) is 10.0. The molecule has 2 rings (SSSR count). The maximum Gasteiger partial charge on any atom is 0.302 e. The van der Waals surface area contributed by atoms with Crippen LogP contribution in [0.5, 0.6) is 11.5 Å². The van der Waals surface area contributed by atoms with Gasteiger partial charge >= 0.3 is 5.97 Å². The molecule has 0 spiro atoms. The highest BCUT2D eigenvalue weighted by Gasteiger charge is 2.22. The summed E-state index contributed by atoms with van der Waals surface area (Å²) in [6.45, 7) is 3.67. The van der Waals surface area contributed by atoms with Crippen LogP contribution in [0.2, 0.25) is 0 Å². The Bertz CT molecular complexity index is 659. The fraction of sp³-hybridized carbons (Fsp3) is 0.458. The number of methoxy groups -OCH3 is 2. The molecule has 1 atom stereocenters. The van der Waals surface area contributed by atoms with Gasteiger partial charge in [-0.25, -0.2) is 0 Å². The highest BCUT2D eigenvalue weighted by molar-refractivity contribution is 5.66. The van der Waals surface area contributed by atoms with Crippen LogP contribution in [0.1, 0.15) is 63.0 Å². The predicted octanol–water partition coefficient (Wildman–Crippen LogP) is 5.74. The molecule has 0 heterocycles. The molecule has 4 nitrogen and oxygen atoms in total. The fourth-order valence-corrected chi connectivity index (χ4v) is 3.48. The lowest BCUT2D eigenvalue weighted by Gasteiger charge is -2.25. The lowest BCUT2D eigenvalue weighted by Crippen LogP contribution is -2.20. The van der Waals surface area contributed by atoms with Crippen LogP contribution in [0, 0.1) is 0 Å². The molecule has 0 radical (unpaired) electrons. The van der Waals surface area contributed by atoms with E-state index >= 15 is 0 Å². The molecule has 0 N–H and O–H groups in total. The summed E-state index contributed by atoms with van der Waals surface area (Å²) in [7, 11) is 3.33. The van der Waals surface area contributed by atoms with Gasteiger partial charge in [0.25, 0.3) is 0 Å². The van der Waals surface area contributed by atoms with E-state index in [0.717, 1.165) is 43.6 Å². The third kappa shape index (κ3) is 6.59. The van der Waals surface area contributed by atoms with Gasteiger partial charge in [-0.15, -0.1) is 0 Å². The number of hydrogen-bond donors (Lipinski definition) is 0. The lowest BCUT2D eigenvalue weighted by molar-refractivity contribution is -0.147. The van der Waals surface area contributed by atoms with Crippen molar-refractivity contribution in [2.45, 2.75) is 58.0 Å². The van der Waals surface area contributed by atoms with Crippen molar-refractivity contribution in [1.82, 2.24) is 0 Å². The summed E-state index contributed by atoms with van der Waals surface area (Å²) in [6, 6.07) is 16.3. The second-order valence-electron chi connectivity index (χ2n) is 7.06. The number of benzene rings is 2. The van der Waals surface area contributed by atoms with Crippen LogP contribution in [-0.2, 0) is 9.53 Å². The van der Waals surface area contributed by atoms with E-state index in [1.54, 1.807) is 14.2 Å². The van der Waals surface area contributed by atoms with Gasteiger partial charge in [0.05, 0.1) is 14.2 Å². The summed E-state index contributed by atoms with van der Waals surface area (Å²) in [5.74, 6) is 1.57. The smallest absolute Gasteiger partial charge is 0.302 e. The van der Waals surface area contributed by atoms with Crippen LogP contribution < -0.4 is 9.47 Å². The summed E-state index contributed by atoms with van der Waals surface area (Å²) in [4.78, 5) is 11.7. The van der Waals surface area contributed by atoms with E-state index in [1.165, 1.54) is 18.1 Å². The van der Waals surface area contributed by atoms with E-state index in [0.29, 0.717) is 0 Å². The van der Waals surface area contributed by atoms with Gasteiger partial charge in [0.15, 0.2) is 0 Å². The van der Waals surface area contributed by atoms with Crippen molar-refractivity contribution in [2.75, 3.05) is 14.2 Å². The minimum Gasteiger partial charge on any atom is -0.497 e. The molecule has 28 heavy (non-hydrogen) atoms. The van der Waals surface area contributed by atoms with Gasteiger partial charge < -0.3 is 14.2 Å².